The molecule has 0 saturated heterocycles. The number of aryl methyl sites for hydroxylation is 1. The highest BCUT2D eigenvalue weighted by atomic mass is 127. The van der Waals surface area contributed by atoms with Crippen LogP contribution in [-0.2, 0) is 16.1 Å². The number of esters is 1. The first kappa shape index (κ1) is 29.1. The molecule has 0 aliphatic carbocycles. The molecule has 8 heteroatoms. The fraction of sp³-hybridized carbons (Fsp3) is 0.171. The van der Waals surface area contributed by atoms with E-state index in [-0.39, 0.29) is 12.2 Å². The van der Waals surface area contributed by atoms with Gasteiger partial charge in [0, 0.05) is 0 Å². The molecule has 2 heterocycles. The topological polar surface area (TPSA) is 69.9 Å². The molecule has 43 heavy (non-hydrogen) atoms. The van der Waals surface area contributed by atoms with E-state index >= 15 is 0 Å². The zero-order valence-corrected chi connectivity index (χ0v) is 26.9. The molecule has 0 radical (unpaired) electrons. The van der Waals surface area contributed by atoms with Crippen molar-refractivity contribution in [2.45, 2.75) is 33.4 Å². The van der Waals surface area contributed by atoms with Crippen molar-refractivity contribution in [2.75, 3.05) is 6.61 Å². The van der Waals surface area contributed by atoms with Crippen molar-refractivity contribution in [1.82, 2.24) is 4.57 Å². The van der Waals surface area contributed by atoms with Crippen molar-refractivity contribution in [3.8, 4) is 5.75 Å². The predicted molar refractivity (Wildman–Crippen MR) is 179 cm³/mol. The van der Waals surface area contributed by atoms with Crippen LogP contribution in [0.1, 0.15) is 42.1 Å². The standard InChI is InChI=1S/C35H29IN2O4S/c1-4-41-34(40)31-22(3)37-35-38(32(31)26-13-9-21(2)10-14-26)33(39)30(43-35)19-23-12-16-29(28(36)18-23)42-20-24-11-15-25-7-5-6-8-27(25)17-24/h5-19,32H,4,20H2,1-3H3/b30-19+/t32-/m0/s1. The summed E-state index contributed by atoms with van der Waals surface area (Å²) in [6, 6.07) is 27.7. The first-order valence-electron chi connectivity index (χ1n) is 14.0. The monoisotopic (exact) mass is 700 g/mol. The molecule has 0 amide bonds. The first-order valence-corrected chi connectivity index (χ1v) is 15.9. The number of ether oxygens (including phenoxy) is 2. The SMILES string of the molecule is CCOC(=O)C1=C(C)N=c2s/c(=C/c3ccc(OCc4ccc5ccccc5c4)c(I)c3)c(=O)n2[C@H]1c1ccc(C)cc1. The molecule has 6 rings (SSSR count). The number of fused-ring (bicyclic) bond motifs is 2. The minimum absolute atomic E-state index is 0.199. The lowest BCUT2D eigenvalue weighted by molar-refractivity contribution is -0.139. The zero-order chi connectivity index (χ0) is 30.1. The van der Waals surface area contributed by atoms with Crippen LogP contribution in [0, 0.1) is 10.5 Å². The lowest BCUT2D eigenvalue weighted by atomic mass is 9.95. The van der Waals surface area contributed by atoms with Gasteiger partial charge >= 0.3 is 5.97 Å². The number of halogens is 1. The fourth-order valence-corrected chi connectivity index (χ4v) is 6.96. The van der Waals surface area contributed by atoms with Crippen LogP contribution < -0.4 is 19.6 Å². The molecule has 0 saturated carbocycles. The van der Waals surface area contributed by atoms with E-state index in [9.17, 15) is 9.59 Å². The Kier molecular flexibility index (Phi) is 8.32. The average molecular weight is 701 g/mol. The summed E-state index contributed by atoms with van der Waals surface area (Å²) in [5, 5.41) is 2.39. The van der Waals surface area contributed by atoms with E-state index in [1.54, 1.807) is 18.4 Å². The number of carbonyl (C=O) groups excluding carboxylic acids is 1. The number of benzene rings is 4. The van der Waals surface area contributed by atoms with E-state index in [0.717, 1.165) is 31.6 Å². The van der Waals surface area contributed by atoms with E-state index < -0.39 is 12.0 Å². The second-order valence-electron chi connectivity index (χ2n) is 10.4. The number of thiazole rings is 1. The molecule has 0 unspecified atom stereocenters. The maximum Gasteiger partial charge on any atom is 0.338 e. The Labute approximate surface area is 266 Å². The van der Waals surface area contributed by atoms with Gasteiger partial charge in [0.1, 0.15) is 12.4 Å². The summed E-state index contributed by atoms with van der Waals surface area (Å²) in [6.45, 7) is 6.26. The minimum Gasteiger partial charge on any atom is -0.488 e. The number of hydrogen-bond acceptors (Lipinski definition) is 6. The minimum atomic E-state index is -0.621. The van der Waals surface area contributed by atoms with E-state index in [4.69, 9.17) is 9.47 Å². The molecule has 4 aromatic carbocycles. The Bertz CT molecular complexity index is 2080. The molecular weight excluding hydrogens is 671 g/mol. The van der Waals surface area contributed by atoms with Crippen LogP contribution in [0.15, 0.2) is 106 Å². The summed E-state index contributed by atoms with van der Waals surface area (Å²) in [5.74, 6) is 0.318. The van der Waals surface area contributed by atoms with E-state index in [1.807, 2.05) is 67.6 Å². The summed E-state index contributed by atoms with van der Waals surface area (Å²) in [4.78, 5) is 32.2. The van der Waals surface area contributed by atoms with Gasteiger partial charge in [0.05, 0.1) is 32.0 Å². The van der Waals surface area contributed by atoms with Crippen molar-refractivity contribution in [1.29, 1.82) is 0 Å². The third-order valence-electron chi connectivity index (χ3n) is 7.37. The van der Waals surface area contributed by atoms with Crippen LogP contribution in [0.25, 0.3) is 16.8 Å². The number of allylic oxidation sites excluding steroid dienone is 1. The fourth-order valence-electron chi connectivity index (χ4n) is 5.22. The molecule has 1 aromatic heterocycles. The second-order valence-corrected chi connectivity index (χ2v) is 12.5. The summed E-state index contributed by atoms with van der Waals surface area (Å²) in [6.07, 6.45) is 1.87. The van der Waals surface area contributed by atoms with Gasteiger partial charge in [-0.05, 0) is 95.1 Å². The third-order valence-corrected chi connectivity index (χ3v) is 9.20. The lowest BCUT2D eigenvalue weighted by Gasteiger charge is -2.24. The molecule has 0 bridgehead atoms. The number of aromatic nitrogens is 1. The molecular formula is C35H29IN2O4S. The number of nitrogens with zero attached hydrogens (tertiary/aromatic N) is 2. The van der Waals surface area contributed by atoms with Crippen molar-refractivity contribution in [2.24, 2.45) is 4.99 Å². The summed E-state index contributed by atoms with van der Waals surface area (Å²) < 4.78 is 14.6. The van der Waals surface area contributed by atoms with Crippen molar-refractivity contribution in [3.63, 3.8) is 0 Å². The molecule has 0 N–H and O–H groups in total. The highest BCUT2D eigenvalue weighted by Crippen LogP contribution is 2.31. The smallest absolute Gasteiger partial charge is 0.338 e. The predicted octanol–water partition coefficient (Wildman–Crippen LogP) is 6.44. The van der Waals surface area contributed by atoms with Gasteiger partial charge in [-0.1, -0.05) is 83.6 Å². The maximum atomic E-state index is 13.9. The van der Waals surface area contributed by atoms with Gasteiger partial charge in [-0.3, -0.25) is 9.36 Å². The highest BCUT2D eigenvalue weighted by Gasteiger charge is 2.33. The van der Waals surface area contributed by atoms with Crippen LogP contribution in [0.2, 0.25) is 0 Å². The summed E-state index contributed by atoms with van der Waals surface area (Å²) >= 11 is 3.58. The van der Waals surface area contributed by atoms with Crippen LogP contribution in [0.4, 0.5) is 0 Å². The van der Waals surface area contributed by atoms with Crippen LogP contribution >= 0.6 is 33.9 Å². The van der Waals surface area contributed by atoms with Gasteiger partial charge in [0.2, 0.25) is 0 Å². The summed E-state index contributed by atoms with van der Waals surface area (Å²) in [5.41, 5.74) is 4.63. The molecule has 1 aliphatic rings. The van der Waals surface area contributed by atoms with E-state index in [0.29, 0.717) is 27.2 Å². The number of carbonyl (C=O) groups is 1. The Balaban J connectivity index is 1.32. The largest absolute Gasteiger partial charge is 0.488 e. The van der Waals surface area contributed by atoms with E-state index in [1.165, 1.54) is 22.1 Å². The van der Waals surface area contributed by atoms with Gasteiger partial charge < -0.3 is 9.47 Å². The van der Waals surface area contributed by atoms with Crippen molar-refractivity contribution >= 4 is 56.7 Å². The molecule has 1 atom stereocenters. The van der Waals surface area contributed by atoms with Crippen LogP contribution in [0.5, 0.6) is 5.75 Å². The zero-order valence-electron chi connectivity index (χ0n) is 24.0. The molecule has 6 nitrogen and oxygen atoms in total. The quantitative estimate of drug-likeness (QED) is 0.145. The van der Waals surface area contributed by atoms with Gasteiger partial charge in [-0.2, -0.15) is 0 Å². The van der Waals surface area contributed by atoms with Gasteiger partial charge in [-0.15, -0.1) is 0 Å². The van der Waals surface area contributed by atoms with Crippen molar-refractivity contribution in [3.05, 3.63) is 142 Å². The number of hydrogen-bond donors (Lipinski definition) is 0. The lowest BCUT2D eigenvalue weighted by Crippen LogP contribution is -2.39. The number of rotatable bonds is 7. The molecule has 1 aliphatic heterocycles. The molecule has 0 spiro atoms. The van der Waals surface area contributed by atoms with Gasteiger partial charge in [-0.25, -0.2) is 9.79 Å². The molecule has 216 valence electrons. The third kappa shape index (κ3) is 5.94. The van der Waals surface area contributed by atoms with Crippen LogP contribution in [-0.4, -0.2) is 17.1 Å². The Morgan fingerprint density at radius 3 is 2.51 bits per heavy atom. The van der Waals surface area contributed by atoms with Crippen molar-refractivity contribution < 1.29 is 14.3 Å². The summed E-state index contributed by atoms with van der Waals surface area (Å²) in [7, 11) is 0. The molecule has 5 aromatic rings. The van der Waals surface area contributed by atoms with E-state index in [2.05, 4.69) is 57.9 Å². The Hall–Kier alpha value is -4.02. The maximum absolute atomic E-state index is 13.9. The average Bonchev–Trinajstić information content (AvgIpc) is 3.30. The van der Waals surface area contributed by atoms with Gasteiger partial charge in [0.25, 0.3) is 5.56 Å². The molecule has 0 fully saturated rings. The Morgan fingerprint density at radius 2 is 1.77 bits per heavy atom. The van der Waals surface area contributed by atoms with Crippen LogP contribution in [0.3, 0.4) is 0 Å². The highest BCUT2D eigenvalue weighted by molar-refractivity contribution is 14.1. The van der Waals surface area contributed by atoms with Gasteiger partial charge in [0.15, 0.2) is 4.80 Å². The first-order chi connectivity index (χ1) is 20.8. The second kappa shape index (κ2) is 12.3. The Morgan fingerprint density at radius 1 is 1.00 bits per heavy atom. The normalized spacial score (nSPS) is 14.9.